The number of anilines is 1. The summed E-state index contributed by atoms with van der Waals surface area (Å²) in [5.41, 5.74) is 3.62. The molecule has 1 aliphatic heterocycles. The maximum absolute atomic E-state index is 13.0. The van der Waals surface area contributed by atoms with Gasteiger partial charge >= 0.3 is 0 Å². The Labute approximate surface area is 187 Å². The molecule has 7 nitrogen and oxygen atoms in total. The SMILES string of the molecule is CC1CCC(C(=O)N2CCN(c3ccnc4[nH]c(-c5cnn(C)c5)c(Cl)c34)CC2)CC1. The maximum Gasteiger partial charge on any atom is 0.225 e. The molecule has 0 atom stereocenters. The molecule has 8 heteroatoms. The lowest BCUT2D eigenvalue weighted by Crippen LogP contribution is -2.50. The van der Waals surface area contributed by atoms with Gasteiger partial charge in [0.1, 0.15) is 5.65 Å². The van der Waals surface area contributed by atoms with Crippen LogP contribution in [0.1, 0.15) is 32.6 Å². The third-order valence-electron chi connectivity index (χ3n) is 6.90. The Morgan fingerprint density at radius 2 is 1.90 bits per heavy atom. The summed E-state index contributed by atoms with van der Waals surface area (Å²) in [4.78, 5) is 25.2. The lowest BCUT2D eigenvalue weighted by molar-refractivity contribution is -0.137. The quantitative estimate of drug-likeness (QED) is 0.665. The number of pyridine rings is 1. The van der Waals surface area contributed by atoms with E-state index < -0.39 is 0 Å². The van der Waals surface area contributed by atoms with Gasteiger partial charge in [-0.05, 0) is 37.7 Å². The van der Waals surface area contributed by atoms with Crippen LogP contribution in [0.5, 0.6) is 0 Å². The van der Waals surface area contributed by atoms with Gasteiger partial charge in [-0.3, -0.25) is 9.48 Å². The lowest BCUT2D eigenvalue weighted by atomic mass is 9.82. The zero-order valence-corrected chi connectivity index (χ0v) is 18.9. The number of nitrogens with one attached hydrogen (secondary N) is 1. The highest BCUT2D eigenvalue weighted by Gasteiger charge is 2.30. The van der Waals surface area contributed by atoms with Gasteiger partial charge in [-0.1, -0.05) is 18.5 Å². The van der Waals surface area contributed by atoms with Crippen LogP contribution in [0.25, 0.3) is 22.3 Å². The van der Waals surface area contributed by atoms with Crippen LogP contribution in [0.4, 0.5) is 5.69 Å². The van der Waals surface area contributed by atoms with Crippen molar-refractivity contribution in [3.8, 4) is 11.3 Å². The third-order valence-corrected chi connectivity index (χ3v) is 7.28. The molecule has 5 rings (SSSR count). The van der Waals surface area contributed by atoms with E-state index in [1.807, 2.05) is 25.5 Å². The minimum Gasteiger partial charge on any atom is -0.367 e. The van der Waals surface area contributed by atoms with Crippen molar-refractivity contribution in [2.75, 3.05) is 31.1 Å². The number of aromatic amines is 1. The van der Waals surface area contributed by atoms with E-state index in [9.17, 15) is 4.79 Å². The molecule has 3 aromatic heterocycles. The molecule has 2 aliphatic rings. The molecule has 31 heavy (non-hydrogen) atoms. The van der Waals surface area contributed by atoms with Gasteiger partial charge in [-0.2, -0.15) is 5.10 Å². The van der Waals surface area contributed by atoms with Crippen LogP contribution in [0.2, 0.25) is 5.02 Å². The Bertz CT molecular complexity index is 1090. The molecule has 4 heterocycles. The summed E-state index contributed by atoms with van der Waals surface area (Å²) in [6.45, 7) is 5.41. The number of aromatic nitrogens is 4. The zero-order valence-electron chi connectivity index (χ0n) is 18.1. The van der Waals surface area contributed by atoms with E-state index >= 15 is 0 Å². The second-order valence-electron chi connectivity index (χ2n) is 9.04. The number of rotatable bonds is 3. The summed E-state index contributed by atoms with van der Waals surface area (Å²) in [5.74, 6) is 1.33. The minimum absolute atomic E-state index is 0.219. The van der Waals surface area contributed by atoms with Gasteiger partial charge in [-0.25, -0.2) is 4.98 Å². The number of fused-ring (bicyclic) bond motifs is 1. The summed E-state index contributed by atoms with van der Waals surface area (Å²) in [7, 11) is 1.89. The van der Waals surface area contributed by atoms with Gasteiger partial charge in [0.25, 0.3) is 0 Å². The highest BCUT2D eigenvalue weighted by atomic mass is 35.5. The van der Waals surface area contributed by atoms with Gasteiger partial charge in [0.2, 0.25) is 5.91 Å². The zero-order chi connectivity index (χ0) is 21.5. The smallest absolute Gasteiger partial charge is 0.225 e. The predicted molar refractivity (Wildman–Crippen MR) is 123 cm³/mol. The summed E-state index contributed by atoms with van der Waals surface area (Å²) in [5, 5.41) is 5.86. The van der Waals surface area contributed by atoms with Crippen molar-refractivity contribution < 1.29 is 4.79 Å². The van der Waals surface area contributed by atoms with Crippen molar-refractivity contribution in [3.05, 3.63) is 29.7 Å². The summed E-state index contributed by atoms with van der Waals surface area (Å²) < 4.78 is 1.76. The van der Waals surface area contributed by atoms with Gasteiger partial charge in [0.15, 0.2) is 0 Å². The average Bonchev–Trinajstić information content (AvgIpc) is 3.37. The first kappa shape index (κ1) is 20.4. The first-order valence-electron chi connectivity index (χ1n) is 11.2. The van der Waals surface area contributed by atoms with Crippen LogP contribution >= 0.6 is 11.6 Å². The van der Waals surface area contributed by atoms with Gasteiger partial charge in [-0.15, -0.1) is 0 Å². The lowest BCUT2D eigenvalue weighted by Gasteiger charge is -2.38. The highest BCUT2D eigenvalue weighted by Crippen LogP contribution is 2.39. The third kappa shape index (κ3) is 3.80. The Morgan fingerprint density at radius 3 is 2.58 bits per heavy atom. The molecular weight excluding hydrogens is 412 g/mol. The first-order chi connectivity index (χ1) is 15.0. The second kappa shape index (κ2) is 8.19. The molecule has 0 radical (unpaired) electrons. The molecule has 1 saturated carbocycles. The van der Waals surface area contributed by atoms with Crippen LogP contribution in [-0.4, -0.2) is 56.7 Å². The molecule has 164 valence electrons. The molecule has 0 spiro atoms. The number of H-pyrrole nitrogens is 1. The van der Waals surface area contributed by atoms with Crippen molar-refractivity contribution in [2.45, 2.75) is 32.6 Å². The standard InChI is InChI=1S/C23H29ClN6O/c1-15-3-5-16(6-4-15)23(31)30-11-9-29(10-12-30)18-7-8-25-22-19(18)20(24)21(27-22)17-13-26-28(2)14-17/h7-8,13-16H,3-6,9-12H2,1-2H3,(H,25,27). The Kier molecular flexibility index (Phi) is 5.38. The number of piperazine rings is 1. The fourth-order valence-corrected chi connectivity index (χ4v) is 5.35. The van der Waals surface area contributed by atoms with Gasteiger partial charge < -0.3 is 14.8 Å². The average molecular weight is 441 g/mol. The van der Waals surface area contributed by atoms with Crippen molar-refractivity contribution in [1.29, 1.82) is 0 Å². The van der Waals surface area contributed by atoms with Gasteiger partial charge in [0.05, 0.1) is 28.0 Å². The van der Waals surface area contributed by atoms with Gasteiger partial charge in [0, 0.05) is 57.1 Å². The fraction of sp³-hybridized carbons (Fsp3) is 0.522. The molecule has 1 N–H and O–H groups in total. The Morgan fingerprint density at radius 1 is 1.16 bits per heavy atom. The largest absolute Gasteiger partial charge is 0.367 e. The van der Waals surface area contributed by atoms with Crippen LogP contribution < -0.4 is 4.90 Å². The fourth-order valence-electron chi connectivity index (χ4n) is 5.01. The normalized spacial score (nSPS) is 22.3. The van der Waals surface area contributed by atoms with E-state index in [2.05, 4.69) is 31.8 Å². The van der Waals surface area contributed by atoms with Crippen LogP contribution in [0, 0.1) is 11.8 Å². The molecule has 0 unspecified atom stereocenters. The van der Waals surface area contributed by atoms with E-state index in [1.165, 1.54) is 12.8 Å². The summed E-state index contributed by atoms with van der Waals surface area (Å²) in [6, 6.07) is 2.02. The number of hydrogen-bond acceptors (Lipinski definition) is 4. The maximum atomic E-state index is 13.0. The van der Waals surface area contributed by atoms with E-state index in [0.29, 0.717) is 10.9 Å². The molecule has 1 amide bonds. The summed E-state index contributed by atoms with van der Waals surface area (Å²) in [6.07, 6.45) is 9.99. The van der Waals surface area contributed by atoms with Crippen molar-refractivity contribution in [2.24, 2.45) is 18.9 Å². The van der Waals surface area contributed by atoms with Crippen LogP contribution in [-0.2, 0) is 11.8 Å². The van der Waals surface area contributed by atoms with E-state index in [1.54, 1.807) is 10.9 Å². The van der Waals surface area contributed by atoms with Crippen LogP contribution in [0.15, 0.2) is 24.7 Å². The Balaban J connectivity index is 1.34. The topological polar surface area (TPSA) is 70.1 Å². The second-order valence-corrected chi connectivity index (χ2v) is 9.42. The molecule has 3 aromatic rings. The molecule has 2 fully saturated rings. The molecule has 1 saturated heterocycles. The van der Waals surface area contributed by atoms with Crippen molar-refractivity contribution >= 4 is 34.2 Å². The molecule has 0 bridgehead atoms. The molecule has 1 aliphatic carbocycles. The number of aryl methyl sites for hydroxylation is 1. The van der Waals surface area contributed by atoms with Crippen LogP contribution in [0.3, 0.4) is 0 Å². The first-order valence-corrected chi connectivity index (χ1v) is 11.6. The number of halogens is 1. The molecule has 0 aromatic carbocycles. The minimum atomic E-state index is 0.219. The number of hydrogen-bond donors (Lipinski definition) is 1. The predicted octanol–water partition coefficient (Wildman–Crippen LogP) is 4.09. The summed E-state index contributed by atoms with van der Waals surface area (Å²) >= 11 is 6.82. The Hall–Kier alpha value is -2.54. The van der Waals surface area contributed by atoms with Crippen molar-refractivity contribution in [3.63, 3.8) is 0 Å². The number of carbonyl (C=O) groups is 1. The monoisotopic (exact) mass is 440 g/mol. The van der Waals surface area contributed by atoms with E-state index in [4.69, 9.17) is 11.6 Å². The van der Waals surface area contributed by atoms with E-state index in [-0.39, 0.29) is 5.92 Å². The molecular formula is C23H29ClN6O. The number of amides is 1. The highest BCUT2D eigenvalue weighted by molar-refractivity contribution is 6.39. The number of nitrogens with zero attached hydrogens (tertiary/aromatic N) is 5. The number of carbonyl (C=O) groups excluding carboxylic acids is 1. The van der Waals surface area contributed by atoms with Crippen molar-refractivity contribution in [1.82, 2.24) is 24.6 Å². The van der Waals surface area contributed by atoms with E-state index in [0.717, 1.165) is 72.9 Å².